The van der Waals surface area contributed by atoms with E-state index in [0.717, 1.165) is 6.04 Å². The highest BCUT2D eigenvalue weighted by Crippen LogP contribution is 2.27. The van der Waals surface area contributed by atoms with Gasteiger partial charge in [-0.3, -0.25) is 4.90 Å². The van der Waals surface area contributed by atoms with Crippen molar-refractivity contribution in [2.45, 2.75) is 58.5 Å². The fourth-order valence-electron chi connectivity index (χ4n) is 3.31. The molecule has 0 spiro atoms. The van der Waals surface area contributed by atoms with Crippen LogP contribution in [0.1, 0.15) is 46.5 Å². The van der Waals surface area contributed by atoms with Crippen molar-refractivity contribution >= 4 is 0 Å². The van der Waals surface area contributed by atoms with Crippen molar-refractivity contribution in [1.29, 1.82) is 0 Å². The van der Waals surface area contributed by atoms with Crippen LogP contribution in [0, 0.1) is 5.41 Å². The van der Waals surface area contributed by atoms with Gasteiger partial charge in [-0.1, -0.05) is 20.3 Å². The fourth-order valence-corrected chi connectivity index (χ4v) is 3.31. The molecule has 3 heteroatoms. The Morgan fingerprint density at radius 3 is 2.58 bits per heavy atom. The molecule has 0 bridgehead atoms. The molecule has 0 amide bonds. The van der Waals surface area contributed by atoms with Crippen LogP contribution in [0.2, 0.25) is 0 Å². The molecule has 0 aromatic heterocycles. The van der Waals surface area contributed by atoms with Gasteiger partial charge >= 0.3 is 0 Å². The summed E-state index contributed by atoms with van der Waals surface area (Å²) in [5.74, 6) is 0. The first kappa shape index (κ1) is 15.3. The van der Waals surface area contributed by atoms with E-state index >= 15 is 0 Å². The smallest absolute Gasteiger partial charge is 0.0192 e. The molecule has 2 unspecified atom stereocenters. The molecule has 3 nitrogen and oxygen atoms in total. The van der Waals surface area contributed by atoms with E-state index in [0.29, 0.717) is 11.5 Å². The third-order valence-electron chi connectivity index (χ3n) is 4.90. The second-order valence-corrected chi connectivity index (χ2v) is 7.28. The van der Waals surface area contributed by atoms with E-state index in [1.807, 2.05) is 0 Å². The first-order valence-corrected chi connectivity index (χ1v) is 8.18. The van der Waals surface area contributed by atoms with Gasteiger partial charge in [0, 0.05) is 44.8 Å². The van der Waals surface area contributed by atoms with Crippen molar-refractivity contribution in [3.05, 3.63) is 0 Å². The Morgan fingerprint density at radius 1 is 1.26 bits per heavy atom. The maximum absolute atomic E-state index is 3.75. The summed E-state index contributed by atoms with van der Waals surface area (Å²) in [6, 6.07) is 1.54. The van der Waals surface area contributed by atoms with Gasteiger partial charge in [-0.25, -0.2) is 0 Å². The molecule has 1 saturated heterocycles. The second-order valence-electron chi connectivity index (χ2n) is 7.28. The number of likely N-dealkylation sites (N-methyl/N-ethyl adjacent to an activating group) is 1. The zero-order chi connectivity index (χ0) is 13.9. The predicted molar refractivity (Wildman–Crippen MR) is 82.6 cm³/mol. The van der Waals surface area contributed by atoms with Crippen molar-refractivity contribution in [1.82, 2.24) is 15.1 Å². The molecule has 1 N–H and O–H groups in total. The molecule has 2 aliphatic rings. The SMILES string of the molecule is CCCC(C)(CNC1CC1)CN1CCN(C)C(C)C1. The lowest BCUT2D eigenvalue weighted by atomic mass is 9.84. The maximum Gasteiger partial charge on any atom is 0.0192 e. The molecule has 0 aromatic carbocycles. The largest absolute Gasteiger partial charge is 0.313 e. The van der Waals surface area contributed by atoms with Gasteiger partial charge in [-0.2, -0.15) is 0 Å². The van der Waals surface area contributed by atoms with Crippen molar-refractivity contribution in [3.63, 3.8) is 0 Å². The van der Waals surface area contributed by atoms with E-state index in [9.17, 15) is 0 Å². The summed E-state index contributed by atoms with van der Waals surface area (Å²) >= 11 is 0. The van der Waals surface area contributed by atoms with Gasteiger partial charge in [0.15, 0.2) is 0 Å². The van der Waals surface area contributed by atoms with E-state index in [4.69, 9.17) is 0 Å². The first-order chi connectivity index (χ1) is 9.02. The molecular formula is C16H33N3. The summed E-state index contributed by atoms with van der Waals surface area (Å²) in [7, 11) is 2.25. The average molecular weight is 267 g/mol. The molecule has 0 radical (unpaired) electrons. The zero-order valence-electron chi connectivity index (χ0n) is 13.4. The monoisotopic (exact) mass is 267 g/mol. The quantitative estimate of drug-likeness (QED) is 0.763. The normalized spacial score (nSPS) is 29.4. The van der Waals surface area contributed by atoms with Crippen LogP contribution in [0.5, 0.6) is 0 Å². The molecule has 2 rings (SSSR count). The summed E-state index contributed by atoms with van der Waals surface area (Å²) < 4.78 is 0. The van der Waals surface area contributed by atoms with Crippen molar-refractivity contribution in [2.24, 2.45) is 5.41 Å². The van der Waals surface area contributed by atoms with Gasteiger partial charge in [0.1, 0.15) is 0 Å². The number of hydrogen-bond donors (Lipinski definition) is 1. The topological polar surface area (TPSA) is 18.5 Å². The van der Waals surface area contributed by atoms with E-state index in [2.05, 4.69) is 42.9 Å². The molecule has 1 saturated carbocycles. The third kappa shape index (κ3) is 4.73. The van der Waals surface area contributed by atoms with Crippen molar-refractivity contribution in [3.8, 4) is 0 Å². The lowest BCUT2D eigenvalue weighted by Gasteiger charge is -2.42. The van der Waals surface area contributed by atoms with Crippen LogP contribution in [-0.2, 0) is 0 Å². The Balaban J connectivity index is 1.83. The lowest BCUT2D eigenvalue weighted by molar-refractivity contribution is 0.0658. The van der Waals surface area contributed by atoms with Crippen LogP contribution in [-0.4, -0.2) is 61.7 Å². The van der Waals surface area contributed by atoms with Gasteiger partial charge in [0.25, 0.3) is 0 Å². The van der Waals surface area contributed by atoms with Crippen molar-refractivity contribution in [2.75, 3.05) is 39.8 Å². The summed E-state index contributed by atoms with van der Waals surface area (Å²) in [6.45, 7) is 13.3. The van der Waals surface area contributed by atoms with E-state index < -0.39 is 0 Å². The molecule has 19 heavy (non-hydrogen) atoms. The summed E-state index contributed by atoms with van der Waals surface area (Å²) in [5.41, 5.74) is 0.451. The van der Waals surface area contributed by atoms with Gasteiger partial charge < -0.3 is 10.2 Å². The molecule has 1 aliphatic carbocycles. The average Bonchev–Trinajstić information content (AvgIpc) is 3.16. The first-order valence-electron chi connectivity index (χ1n) is 8.18. The van der Waals surface area contributed by atoms with Crippen LogP contribution >= 0.6 is 0 Å². The summed E-state index contributed by atoms with van der Waals surface area (Å²) in [6.07, 6.45) is 5.43. The maximum atomic E-state index is 3.75. The molecule has 1 aliphatic heterocycles. The molecule has 0 aromatic rings. The molecule has 2 fully saturated rings. The lowest BCUT2D eigenvalue weighted by Crippen LogP contribution is -2.53. The van der Waals surface area contributed by atoms with Crippen LogP contribution in [0.3, 0.4) is 0 Å². The molecule has 112 valence electrons. The minimum Gasteiger partial charge on any atom is -0.313 e. The van der Waals surface area contributed by atoms with Crippen molar-refractivity contribution < 1.29 is 0 Å². The molecule has 2 atom stereocenters. The Bertz CT molecular complexity index is 277. The number of nitrogens with one attached hydrogen (secondary N) is 1. The summed E-state index contributed by atoms with van der Waals surface area (Å²) in [4.78, 5) is 5.17. The van der Waals surface area contributed by atoms with Crippen LogP contribution in [0.15, 0.2) is 0 Å². The molecular weight excluding hydrogens is 234 g/mol. The molecule has 1 heterocycles. The van der Waals surface area contributed by atoms with Gasteiger partial charge in [0.05, 0.1) is 0 Å². The number of piperazine rings is 1. The third-order valence-corrected chi connectivity index (χ3v) is 4.90. The van der Waals surface area contributed by atoms with Gasteiger partial charge in [-0.15, -0.1) is 0 Å². The number of rotatable bonds is 7. The number of nitrogens with zero attached hydrogens (tertiary/aromatic N) is 2. The van der Waals surface area contributed by atoms with E-state index in [-0.39, 0.29) is 0 Å². The summed E-state index contributed by atoms with van der Waals surface area (Å²) in [5, 5.41) is 3.75. The Kier molecular flexibility index (Phi) is 5.27. The number of hydrogen-bond acceptors (Lipinski definition) is 3. The van der Waals surface area contributed by atoms with Crippen LogP contribution in [0.4, 0.5) is 0 Å². The standard InChI is InChI=1S/C16H33N3/c1-5-8-16(3,12-17-15-6-7-15)13-19-10-9-18(4)14(2)11-19/h14-15,17H,5-13H2,1-4H3. The van der Waals surface area contributed by atoms with E-state index in [1.165, 1.54) is 58.4 Å². The zero-order valence-corrected chi connectivity index (χ0v) is 13.4. The highest BCUT2D eigenvalue weighted by molar-refractivity contribution is 4.88. The van der Waals surface area contributed by atoms with Crippen LogP contribution in [0.25, 0.3) is 0 Å². The van der Waals surface area contributed by atoms with Gasteiger partial charge in [-0.05, 0) is 38.6 Å². The Hall–Kier alpha value is -0.120. The minimum absolute atomic E-state index is 0.451. The van der Waals surface area contributed by atoms with Gasteiger partial charge in [0.2, 0.25) is 0 Å². The highest BCUT2D eigenvalue weighted by Gasteiger charge is 2.31. The highest BCUT2D eigenvalue weighted by atomic mass is 15.3. The van der Waals surface area contributed by atoms with Crippen LogP contribution < -0.4 is 5.32 Å². The fraction of sp³-hybridized carbons (Fsp3) is 1.00. The second kappa shape index (κ2) is 6.55. The van der Waals surface area contributed by atoms with E-state index in [1.54, 1.807) is 0 Å². The Morgan fingerprint density at radius 2 is 2.00 bits per heavy atom. The minimum atomic E-state index is 0.451. The predicted octanol–water partition coefficient (Wildman–Crippen LogP) is 2.18. The Labute approximate surface area is 119 Å².